The van der Waals surface area contributed by atoms with Gasteiger partial charge in [-0.1, -0.05) is 17.7 Å². The first kappa shape index (κ1) is 17.0. The van der Waals surface area contributed by atoms with Gasteiger partial charge in [-0.15, -0.1) is 0 Å². The molecule has 6 nitrogen and oxygen atoms in total. The van der Waals surface area contributed by atoms with Crippen LogP contribution in [0.5, 0.6) is 0 Å². The number of hydrogen-bond acceptors (Lipinski definition) is 3. The molecule has 0 bridgehead atoms. The number of aromatic nitrogens is 2. The van der Waals surface area contributed by atoms with E-state index in [-0.39, 0.29) is 18.4 Å². The number of carbonyl (C=O) groups is 2. The molecule has 1 aromatic carbocycles. The molecule has 0 atom stereocenters. The van der Waals surface area contributed by atoms with E-state index >= 15 is 0 Å². The molecule has 0 saturated heterocycles. The van der Waals surface area contributed by atoms with Gasteiger partial charge in [0, 0.05) is 41.9 Å². The van der Waals surface area contributed by atoms with Crippen LogP contribution in [-0.2, 0) is 11.3 Å². The highest BCUT2D eigenvalue weighted by Gasteiger charge is 2.14. The van der Waals surface area contributed by atoms with Crippen molar-refractivity contribution in [1.29, 1.82) is 0 Å². The van der Waals surface area contributed by atoms with Crippen LogP contribution in [0.4, 0.5) is 0 Å². The Morgan fingerprint density at radius 1 is 1.28 bits per heavy atom. The molecular weight excluding hydrogens is 340 g/mol. The molecule has 3 aromatic rings. The van der Waals surface area contributed by atoms with Gasteiger partial charge in [0.2, 0.25) is 5.91 Å². The summed E-state index contributed by atoms with van der Waals surface area (Å²) in [6.07, 6.45) is 3.39. The molecule has 0 unspecified atom stereocenters. The molecule has 0 aliphatic heterocycles. The lowest BCUT2D eigenvalue weighted by Gasteiger charge is -2.17. The van der Waals surface area contributed by atoms with Gasteiger partial charge in [0.05, 0.1) is 6.54 Å². The van der Waals surface area contributed by atoms with E-state index < -0.39 is 0 Å². The first-order chi connectivity index (χ1) is 12.0. The van der Waals surface area contributed by atoms with E-state index in [1.54, 1.807) is 48.6 Å². The molecular formula is C18H17ClN4O2. The fourth-order valence-corrected chi connectivity index (χ4v) is 2.65. The summed E-state index contributed by atoms with van der Waals surface area (Å²) in [4.78, 5) is 33.0. The summed E-state index contributed by atoms with van der Waals surface area (Å²) in [7, 11) is 1.69. The maximum atomic E-state index is 12.2. The summed E-state index contributed by atoms with van der Waals surface area (Å²) in [5.41, 5.74) is 2.13. The number of hydrogen-bond donors (Lipinski definition) is 2. The molecule has 7 heteroatoms. The molecule has 128 valence electrons. The number of aromatic amines is 1. The molecule has 3 rings (SSSR count). The fraction of sp³-hybridized carbons (Fsp3) is 0.167. The number of halogens is 1. The number of nitrogens with zero attached hydrogens (tertiary/aromatic N) is 2. The Bertz CT molecular complexity index is 908. The van der Waals surface area contributed by atoms with Gasteiger partial charge in [-0.2, -0.15) is 0 Å². The topological polar surface area (TPSA) is 78.1 Å². The van der Waals surface area contributed by atoms with Gasteiger partial charge in [-0.05, 0) is 35.9 Å². The van der Waals surface area contributed by atoms with E-state index in [1.165, 1.54) is 0 Å². The van der Waals surface area contributed by atoms with Crippen LogP contribution in [-0.4, -0.2) is 40.3 Å². The summed E-state index contributed by atoms with van der Waals surface area (Å²) in [6, 6.07) is 10.8. The van der Waals surface area contributed by atoms with Crippen LogP contribution >= 0.6 is 11.6 Å². The lowest BCUT2D eigenvalue weighted by Crippen LogP contribution is -2.37. The highest BCUT2D eigenvalue weighted by molar-refractivity contribution is 6.31. The SMILES string of the molecule is CN(Cc1cccnc1)C(=O)CNC(=O)c1cc2cc(Cl)ccc2[nH]1. The monoisotopic (exact) mass is 356 g/mol. The van der Waals surface area contributed by atoms with Crippen LogP contribution in [0.3, 0.4) is 0 Å². The molecule has 25 heavy (non-hydrogen) atoms. The number of fused-ring (bicyclic) bond motifs is 1. The smallest absolute Gasteiger partial charge is 0.268 e. The fourth-order valence-electron chi connectivity index (χ4n) is 2.47. The van der Waals surface area contributed by atoms with Crippen LogP contribution in [0.2, 0.25) is 5.02 Å². The average molecular weight is 357 g/mol. The Hall–Kier alpha value is -2.86. The van der Waals surface area contributed by atoms with Gasteiger partial charge < -0.3 is 15.2 Å². The van der Waals surface area contributed by atoms with Gasteiger partial charge in [-0.3, -0.25) is 14.6 Å². The van der Waals surface area contributed by atoms with Crippen LogP contribution in [0.15, 0.2) is 48.8 Å². The molecule has 0 fully saturated rings. The predicted molar refractivity (Wildman–Crippen MR) is 96.4 cm³/mol. The summed E-state index contributed by atoms with van der Waals surface area (Å²) in [5.74, 6) is -0.521. The Kier molecular flexibility index (Phi) is 5.00. The quantitative estimate of drug-likeness (QED) is 0.737. The largest absolute Gasteiger partial charge is 0.351 e. The second kappa shape index (κ2) is 7.36. The zero-order valence-electron chi connectivity index (χ0n) is 13.6. The number of benzene rings is 1. The zero-order valence-corrected chi connectivity index (χ0v) is 14.4. The molecule has 0 radical (unpaired) electrons. The van der Waals surface area contributed by atoms with E-state index in [9.17, 15) is 9.59 Å². The number of amides is 2. The van der Waals surface area contributed by atoms with Crippen LogP contribution in [0.1, 0.15) is 16.1 Å². The molecule has 0 aliphatic rings. The summed E-state index contributed by atoms with van der Waals surface area (Å²) < 4.78 is 0. The van der Waals surface area contributed by atoms with Crippen molar-refractivity contribution in [3.05, 3.63) is 65.1 Å². The minimum atomic E-state index is -0.338. The lowest BCUT2D eigenvalue weighted by atomic mass is 10.2. The van der Waals surface area contributed by atoms with E-state index in [0.717, 1.165) is 16.5 Å². The van der Waals surface area contributed by atoms with Crippen LogP contribution in [0.25, 0.3) is 10.9 Å². The third-order valence-electron chi connectivity index (χ3n) is 3.80. The van der Waals surface area contributed by atoms with Crippen LogP contribution < -0.4 is 5.32 Å². The van der Waals surface area contributed by atoms with Gasteiger partial charge in [0.15, 0.2) is 0 Å². The normalized spacial score (nSPS) is 10.6. The van der Waals surface area contributed by atoms with Crippen molar-refractivity contribution in [3.63, 3.8) is 0 Å². The maximum Gasteiger partial charge on any atom is 0.268 e. The van der Waals surface area contributed by atoms with Gasteiger partial charge in [-0.25, -0.2) is 0 Å². The Morgan fingerprint density at radius 2 is 2.12 bits per heavy atom. The van der Waals surface area contributed by atoms with Gasteiger partial charge >= 0.3 is 0 Å². The van der Waals surface area contributed by atoms with Crippen molar-refractivity contribution in [2.24, 2.45) is 0 Å². The van der Waals surface area contributed by atoms with E-state index in [2.05, 4.69) is 15.3 Å². The maximum absolute atomic E-state index is 12.2. The van der Waals surface area contributed by atoms with E-state index in [4.69, 9.17) is 11.6 Å². The number of pyridine rings is 1. The van der Waals surface area contributed by atoms with E-state index in [0.29, 0.717) is 17.3 Å². The average Bonchev–Trinajstić information content (AvgIpc) is 3.03. The first-order valence-electron chi connectivity index (χ1n) is 7.72. The number of rotatable bonds is 5. The number of nitrogens with one attached hydrogen (secondary N) is 2. The molecule has 2 amide bonds. The zero-order chi connectivity index (χ0) is 17.8. The Labute approximate surface area is 149 Å². The molecule has 2 heterocycles. The standard InChI is InChI=1S/C18H17ClN4O2/c1-23(11-12-3-2-6-20-9-12)17(24)10-21-18(25)16-8-13-7-14(19)4-5-15(13)22-16/h2-9,22H,10-11H2,1H3,(H,21,25). The summed E-state index contributed by atoms with van der Waals surface area (Å²) in [5, 5.41) is 4.08. The van der Waals surface area contributed by atoms with Crippen molar-refractivity contribution < 1.29 is 9.59 Å². The van der Waals surface area contributed by atoms with Crippen molar-refractivity contribution in [3.8, 4) is 0 Å². The number of likely N-dealkylation sites (N-methyl/N-ethyl adjacent to an activating group) is 1. The second-order valence-corrected chi connectivity index (χ2v) is 6.14. The van der Waals surface area contributed by atoms with Gasteiger partial charge in [0.1, 0.15) is 5.69 Å². The molecule has 2 aromatic heterocycles. The third-order valence-corrected chi connectivity index (χ3v) is 4.03. The molecule has 0 saturated carbocycles. The second-order valence-electron chi connectivity index (χ2n) is 5.71. The van der Waals surface area contributed by atoms with Crippen molar-refractivity contribution in [2.45, 2.75) is 6.54 Å². The summed E-state index contributed by atoms with van der Waals surface area (Å²) in [6.45, 7) is 0.360. The Balaban J connectivity index is 1.58. The minimum absolute atomic E-state index is 0.0777. The van der Waals surface area contributed by atoms with Gasteiger partial charge in [0.25, 0.3) is 5.91 Å². The number of carbonyl (C=O) groups excluding carboxylic acids is 2. The third kappa shape index (κ3) is 4.16. The highest BCUT2D eigenvalue weighted by atomic mass is 35.5. The first-order valence-corrected chi connectivity index (χ1v) is 8.10. The molecule has 0 aliphatic carbocycles. The number of H-pyrrole nitrogens is 1. The van der Waals surface area contributed by atoms with Crippen molar-refractivity contribution in [2.75, 3.05) is 13.6 Å². The Morgan fingerprint density at radius 3 is 2.88 bits per heavy atom. The minimum Gasteiger partial charge on any atom is -0.351 e. The van der Waals surface area contributed by atoms with Crippen LogP contribution in [0, 0.1) is 0 Å². The van der Waals surface area contributed by atoms with Crippen molar-refractivity contribution >= 4 is 34.3 Å². The molecule has 2 N–H and O–H groups in total. The predicted octanol–water partition coefficient (Wildman–Crippen LogP) is 2.60. The lowest BCUT2D eigenvalue weighted by molar-refractivity contribution is -0.129. The highest BCUT2D eigenvalue weighted by Crippen LogP contribution is 2.20. The summed E-state index contributed by atoms with van der Waals surface area (Å²) >= 11 is 5.94. The molecule has 0 spiro atoms. The van der Waals surface area contributed by atoms with Crippen molar-refractivity contribution in [1.82, 2.24) is 20.2 Å². The van der Waals surface area contributed by atoms with E-state index in [1.807, 2.05) is 12.1 Å².